The van der Waals surface area contributed by atoms with Crippen molar-refractivity contribution < 1.29 is 14.3 Å². The number of likely N-dealkylation sites (tertiary alicyclic amines) is 1. The molecule has 0 atom stereocenters. The number of hydrogen-bond acceptors (Lipinski definition) is 7. The van der Waals surface area contributed by atoms with E-state index in [1.807, 2.05) is 41.8 Å². The van der Waals surface area contributed by atoms with E-state index in [4.69, 9.17) is 42.4 Å². The molecule has 5 rings (SSSR count). The lowest BCUT2D eigenvalue weighted by molar-refractivity contribution is -0.127. The minimum atomic E-state index is -0.0509. The molecule has 0 spiro atoms. The first kappa shape index (κ1) is 30.5. The highest BCUT2D eigenvalue weighted by atomic mass is 35.5. The fraction of sp³-hybridized carbons (Fsp3) is 0.375. The van der Waals surface area contributed by atoms with Gasteiger partial charge in [-0.15, -0.1) is 0 Å². The Hall–Kier alpha value is -3.99. The van der Waals surface area contributed by atoms with Crippen molar-refractivity contribution in [2.45, 2.75) is 39.3 Å². The summed E-state index contributed by atoms with van der Waals surface area (Å²) in [7, 11) is 1.65. The number of carbonyl (C=O) groups excluding carboxylic acids is 1. The number of aromatic nitrogens is 4. The van der Waals surface area contributed by atoms with Crippen molar-refractivity contribution in [1.82, 2.24) is 24.5 Å². The van der Waals surface area contributed by atoms with Gasteiger partial charge in [-0.05, 0) is 56.5 Å². The van der Waals surface area contributed by atoms with Gasteiger partial charge in [0, 0.05) is 71.6 Å². The number of halogens is 1. The number of rotatable bonds is 11. The van der Waals surface area contributed by atoms with E-state index in [1.54, 1.807) is 13.2 Å². The van der Waals surface area contributed by atoms with Crippen molar-refractivity contribution in [3.05, 3.63) is 65.0 Å². The van der Waals surface area contributed by atoms with Crippen LogP contribution in [0.2, 0.25) is 5.02 Å². The van der Waals surface area contributed by atoms with Crippen LogP contribution in [0.25, 0.3) is 33.3 Å². The summed E-state index contributed by atoms with van der Waals surface area (Å²) in [5, 5.41) is 19.6. The number of fused-ring (bicyclic) bond motifs is 1. The number of methoxy groups -OCH3 is 1. The number of carbonyl (C=O) groups is 1. The molecule has 0 bridgehead atoms. The molecule has 43 heavy (non-hydrogen) atoms. The van der Waals surface area contributed by atoms with E-state index in [0.717, 1.165) is 51.8 Å². The minimum absolute atomic E-state index is 0.0509. The average molecular weight is 604 g/mol. The summed E-state index contributed by atoms with van der Waals surface area (Å²) in [4.78, 5) is 14.0. The van der Waals surface area contributed by atoms with Crippen molar-refractivity contribution in [2.75, 3.05) is 45.8 Å². The Bertz CT molecular complexity index is 1670. The van der Waals surface area contributed by atoms with Crippen molar-refractivity contribution in [1.29, 1.82) is 5.41 Å². The quantitative estimate of drug-likeness (QED) is 0.102. The van der Waals surface area contributed by atoms with Gasteiger partial charge in [-0.2, -0.15) is 10.2 Å². The highest BCUT2D eigenvalue weighted by Crippen LogP contribution is 2.44. The Labute approximate surface area is 256 Å². The maximum atomic E-state index is 12.2. The largest absolute Gasteiger partial charge is 0.398 e. The molecule has 3 heterocycles. The van der Waals surface area contributed by atoms with Gasteiger partial charge in [0.2, 0.25) is 5.91 Å². The van der Waals surface area contributed by atoms with Crippen molar-refractivity contribution in [2.24, 2.45) is 0 Å². The van der Waals surface area contributed by atoms with Crippen LogP contribution in [0.4, 0.5) is 5.69 Å². The molecule has 3 N–H and O–H groups in total. The molecule has 226 valence electrons. The van der Waals surface area contributed by atoms with Gasteiger partial charge in [0.05, 0.1) is 42.9 Å². The van der Waals surface area contributed by atoms with Crippen LogP contribution >= 0.6 is 11.6 Å². The van der Waals surface area contributed by atoms with Crippen molar-refractivity contribution in [3.63, 3.8) is 0 Å². The van der Waals surface area contributed by atoms with Gasteiger partial charge in [0.1, 0.15) is 5.69 Å². The number of anilines is 1. The van der Waals surface area contributed by atoms with Crippen molar-refractivity contribution in [3.8, 4) is 22.4 Å². The smallest absolute Gasteiger partial charge is 0.245 e. The molecule has 1 aliphatic rings. The molecule has 11 heteroatoms. The minimum Gasteiger partial charge on any atom is -0.398 e. The highest BCUT2D eigenvalue weighted by molar-refractivity contribution is 6.35. The van der Waals surface area contributed by atoms with Gasteiger partial charge >= 0.3 is 0 Å². The zero-order valence-electron chi connectivity index (χ0n) is 24.9. The molecular formula is C32H38ClN7O3. The lowest BCUT2D eigenvalue weighted by Crippen LogP contribution is -2.38. The molecule has 0 aliphatic carbocycles. The van der Waals surface area contributed by atoms with Crippen molar-refractivity contribution >= 4 is 40.3 Å². The first-order chi connectivity index (χ1) is 20.8. The summed E-state index contributed by atoms with van der Waals surface area (Å²) in [6.45, 7) is 11.1. The zero-order chi connectivity index (χ0) is 30.7. The number of nitrogen functional groups attached to an aromatic ring is 1. The number of piperidine rings is 1. The number of nitrogens with two attached hydrogens (primary N) is 1. The second-order valence-electron chi connectivity index (χ2n) is 10.8. The second-order valence-corrected chi connectivity index (χ2v) is 11.2. The molecule has 1 saturated heterocycles. The van der Waals surface area contributed by atoms with E-state index < -0.39 is 0 Å². The molecule has 2 aromatic heterocycles. The number of ether oxygens (including phenoxy) is 2. The average Bonchev–Trinajstić information content (AvgIpc) is 3.58. The fourth-order valence-corrected chi connectivity index (χ4v) is 6.06. The maximum Gasteiger partial charge on any atom is 0.245 e. The molecule has 0 saturated carbocycles. The number of nitrogens with one attached hydrogen (secondary N) is 1. The number of aryl methyl sites for hydroxylation is 1. The summed E-state index contributed by atoms with van der Waals surface area (Å²) in [6.07, 6.45) is 6.17. The first-order valence-corrected chi connectivity index (χ1v) is 14.8. The van der Waals surface area contributed by atoms with Gasteiger partial charge in [0.25, 0.3) is 0 Å². The van der Waals surface area contributed by atoms with Crippen LogP contribution in [-0.2, 0) is 20.8 Å². The molecule has 2 aromatic carbocycles. The Balaban J connectivity index is 1.58. The summed E-state index contributed by atoms with van der Waals surface area (Å²) in [5.74, 6) is -0.0509. The molecule has 1 amide bonds. The van der Waals surface area contributed by atoms with E-state index in [0.29, 0.717) is 61.3 Å². The number of nitrogens with zero attached hydrogens (tertiary/aromatic N) is 5. The van der Waals surface area contributed by atoms with Gasteiger partial charge in [-0.3, -0.25) is 14.2 Å². The van der Waals surface area contributed by atoms with Gasteiger partial charge in [-0.25, -0.2) is 0 Å². The molecule has 1 aliphatic heterocycles. The predicted octanol–water partition coefficient (Wildman–Crippen LogP) is 5.43. The molecule has 0 radical (unpaired) electrons. The Morgan fingerprint density at radius 1 is 1.16 bits per heavy atom. The van der Waals surface area contributed by atoms with Crippen LogP contribution in [0.3, 0.4) is 0 Å². The maximum absolute atomic E-state index is 12.2. The second kappa shape index (κ2) is 13.1. The third kappa shape index (κ3) is 6.08. The summed E-state index contributed by atoms with van der Waals surface area (Å²) >= 11 is 6.98. The lowest BCUT2D eigenvalue weighted by atomic mass is 9.92. The summed E-state index contributed by atoms with van der Waals surface area (Å²) in [5.41, 5.74) is 13.3. The normalized spacial score (nSPS) is 14.0. The van der Waals surface area contributed by atoms with Crippen LogP contribution < -0.4 is 5.73 Å². The van der Waals surface area contributed by atoms with E-state index >= 15 is 0 Å². The Kier molecular flexibility index (Phi) is 9.29. The summed E-state index contributed by atoms with van der Waals surface area (Å²) < 4.78 is 14.6. The fourth-order valence-electron chi connectivity index (χ4n) is 5.81. The third-order valence-corrected chi connectivity index (χ3v) is 8.57. The first-order valence-electron chi connectivity index (χ1n) is 14.4. The van der Waals surface area contributed by atoms with Crippen LogP contribution in [0.5, 0.6) is 0 Å². The third-order valence-electron chi connectivity index (χ3n) is 8.08. The predicted molar refractivity (Wildman–Crippen MR) is 171 cm³/mol. The van der Waals surface area contributed by atoms with E-state index in [9.17, 15) is 4.79 Å². The number of amides is 1. The number of benzene rings is 2. The van der Waals surface area contributed by atoms with Crippen LogP contribution in [-0.4, -0.2) is 76.6 Å². The highest BCUT2D eigenvalue weighted by Gasteiger charge is 2.29. The molecule has 1 fully saturated rings. The van der Waals surface area contributed by atoms with Crippen LogP contribution in [0, 0.1) is 19.3 Å². The molecule has 4 aromatic rings. The van der Waals surface area contributed by atoms with Gasteiger partial charge in [-0.1, -0.05) is 24.2 Å². The molecule has 0 unspecified atom stereocenters. The van der Waals surface area contributed by atoms with Crippen LogP contribution in [0.1, 0.15) is 35.7 Å². The van der Waals surface area contributed by atoms with E-state index in [-0.39, 0.29) is 11.9 Å². The van der Waals surface area contributed by atoms with E-state index in [1.165, 1.54) is 12.3 Å². The van der Waals surface area contributed by atoms with Gasteiger partial charge in [0.15, 0.2) is 0 Å². The summed E-state index contributed by atoms with van der Waals surface area (Å²) in [6, 6.07) is 8.00. The lowest BCUT2D eigenvalue weighted by Gasteiger charge is -2.32. The van der Waals surface area contributed by atoms with E-state index in [2.05, 4.69) is 17.3 Å². The SMILES string of the molecule is C=CC(=O)N1CCC(n2nc(-c3ccc4nn(CCOCCOC)cc4c3)c(-c3c(Cl)c(C)cc(N)c3C=N)c2C)CC1. The Morgan fingerprint density at radius 3 is 2.63 bits per heavy atom. The Morgan fingerprint density at radius 2 is 1.93 bits per heavy atom. The topological polar surface area (TPSA) is 124 Å². The number of hydrogen-bond donors (Lipinski definition) is 2. The van der Waals surface area contributed by atoms with Crippen LogP contribution in [0.15, 0.2) is 43.1 Å². The zero-order valence-corrected chi connectivity index (χ0v) is 25.7. The standard InChI is InChI=1S/C32H38ClN7O3/c1-5-28(41)38-10-8-24(9-11-38)40-21(3)29(30-25(18-34)26(35)16-20(2)31(30)33)32(37-40)22-6-7-27-23(17-22)19-39(36-27)12-13-43-15-14-42-4/h5-7,16-19,24,34H,1,8-15,35H2,2-4H3. The monoisotopic (exact) mass is 603 g/mol. The molecule has 10 nitrogen and oxygen atoms in total. The van der Waals surface area contributed by atoms with Gasteiger partial charge < -0.3 is 25.5 Å². The molecular weight excluding hydrogens is 566 g/mol.